The van der Waals surface area contributed by atoms with Crippen LogP contribution in [0.2, 0.25) is 0 Å². The highest BCUT2D eigenvalue weighted by Gasteiger charge is 2.50. The second kappa shape index (κ2) is 13.2. The van der Waals surface area contributed by atoms with E-state index in [0.29, 0.717) is 12.5 Å². The van der Waals surface area contributed by atoms with E-state index in [1.165, 1.54) is 10.4 Å². The smallest absolute Gasteiger partial charge is 0.475 e. The lowest BCUT2D eigenvalue weighted by molar-refractivity contribution is -0.193. The Balaban J connectivity index is 0.000000286. The van der Waals surface area contributed by atoms with Crippen molar-refractivity contribution in [1.29, 1.82) is 0 Å². The number of alkyl halides is 6. The van der Waals surface area contributed by atoms with Gasteiger partial charge in [-0.05, 0) is 29.1 Å². The maximum Gasteiger partial charge on any atom is 0.490 e. The molecule has 0 spiro atoms. The Hall–Kier alpha value is -2.75. The molecule has 15 heteroatoms. The minimum atomic E-state index is -5.08. The molecule has 2 atom stereocenters. The molecule has 206 valence electrons. The second-order valence-electron chi connectivity index (χ2n) is 8.28. The highest BCUT2D eigenvalue weighted by molar-refractivity contribution is 7.09. The summed E-state index contributed by atoms with van der Waals surface area (Å²) in [6, 6.07) is 8.38. The van der Waals surface area contributed by atoms with E-state index in [1.54, 1.807) is 0 Å². The zero-order valence-electron chi connectivity index (χ0n) is 19.2. The van der Waals surface area contributed by atoms with Crippen molar-refractivity contribution in [1.82, 2.24) is 9.88 Å². The van der Waals surface area contributed by atoms with Crippen molar-refractivity contribution in [2.45, 2.75) is 25.5 Å². The lowest BCUT2D eigenvalue weighted by Crippen LogP contribution is -2.35. The van der Waals surface area contributed by atoms with Gasteiger partial charge in [0.25, 0.3) is 0 Å². The lowest BCUT2D eigenvalue weighted by Gasteiger charge is -2.27. The van der Waals surface area contributed by atoms with Crippen molar-refractivity contribution >= 4 is 23.3 Å². The summed E-state index contributed by atoms with van der Waals surface area (Å²) in [7, 11) is 0. The van der Waals surface area contributed by atoms with Gasteiger partial charge in [0.2, 0.25) is 0 Å². The van der Waals surface area contributed by atoms with Gasteiger partial charge in [-0.25, -0.2) is 9.59 Å². The molecule has 2 aromatic heterocycles. The van der Waals surface area contributed by atoms with Gasteiger partial charge in [0.1, 0.15) is 0 Å². The van der Waals surface area contributed by atoms with Gasteiger partial charge in [-0.3, -0.25) is 9.88 Å². The Morgan fingerprint density at radius 1 is 1.11 bits per heavy atom. The molecule has 0 unspecified atom stereocenters. The number of carboxylic acid groups (broad SMARTS) is 2. The van der Waals surface area contributed by atoms with E-state index >= 15 is 0 Å². The van der Waals surface area contributed by atoms with Crippen LogP contribution in [0.5, 0.6) is 0 Å². The molecule has 2 fully saturated rings. The molecule has 37 heavy (non-hydrogen) atoms. The van der Waals surface area contributed by atoms with Gasteiger partial charge >= 0.3 is 24.3 Å². The third-order valence-electron chi connectivity index (χ3n) is 5.44. The number of ether oxygens (including phenoxy) is 2. The van der Waals surface area contributed by atoms with E-state index in [9.17, 15) is 26.3 Å². The number of aromatic nitrogens is 1. The van der Waals surface area contributed by atoms with Gasteiger partial charge in [-0.2, -0.15) is 26.3 Å². The van der Waals surface area contributed by atoms with Crippen LogP contribution >= 0.6 is 11.3 Å². The van der Waals surface area contributed by atoms with Gasteiger partial charge in [0.05, 0.1) is 26.4 Å². The van der Waals surface area contributed by atoms with Crippen molar-refractivity contribution in [3.63, 3.8) is 0 Å². The number of fused-ring (bicyclic) bond motifs is 1. The van der Waals surface area contributed by atoms with Crippen LogP contribution in [0.4, 0.5) is 26.3 Å². The average Bonchev–Trinajstić information content (AvgIpc) is 3.51. The van der Waals surface area contributed by atoms with E-state index < -0.39 is 24.3 Å². The summed E-state index contributed by atoms with van der Waals surface area (Å²) in [5, 5.41) is 16.4. The molecule has 0 saturated carbocycles. The second-order valence-corrected chi connectivity index (χ2v) is 9.31. The first kappa shape index (κ1) is 30.5. The maximum atomic E-state index is 10.6. The van der Waals surface area contributed by atoms with E-state index in [1.807, 2.05) is 35.9 Å². The van der Waals surface area contributed by atoms with Gasteiger partial charge in [0.15, 0.2) is 0 Å². The fraction of sp³-hybridized carbons (Fsp3) is 0.500. The molecule has 2 aliphatic rings. The van der Waals surface area contributed by atoms with Crippen LogP contribution < -0.4 is 0 Å². The SMILES string of the molecule is O=C(O)C(F)(F)F.O=C(O)C(F)(F)F.c1csc(CN2C[C@@H]3COC[C@]3(COCc3ccncc3)C2)c1. The Labute approximate surface area is 211 Å². The van der Waals surface area contributed by atoms with Crippen molar-refractivity contribution < 1.29 is 55.6 Å². The minimum Gasteiger partial charge on any atom is -0.475 e. The number of hydrogen-bond donors (Lipinski definition) is 2. The molecule has 4 rings (SSSR count). The Morgan fingerprint density at radius 3 is 2.22 bits per heavy atom. The molecule has 0 radical (unpaired) electrons. The quantitative estimate of drug-likeness (QED) is 0.511. The Morgan fingerprint density at radius 2 is 1.70 bits per heavy atom. The average molecular weight is 558 g/mol. The number of aliphatic carboxylic acids is 2. The van der Waals surface area contributed by atoms with Crippen LogP contribution in [0, 0.1) is 11.3 Å². The summed E-state index contributed by atoms with van der Waals surface area (Å²) in [5.41, 5.74) is 1.35. The number of hydrogen-bond acceptors (Lipinski definition) is 7. The summed E-state index contributed by atoms with van der Waals surface area (Å²) in [6.07, 6.45) is -6.53. The molecule has 8 nitrogen and oxygen atoms in total. The molecule has 4 heterocycles. The van der Waals surface area contributed by atoms with Crippen LogP contribution in [0.15, 0.2) is 42.0 Å². The summed E-state index contributed by atoms with van der Waals surface area (Å²) in [6.45, 7) is 6.39. The zero-order valence-corrected chi connectivity index (χ0v) is 20.0. The van der Waals surface area contributed by atoms with E-state index in [0.717, 1.165) is 39.5 Å². The normalized spacial score (nSPS) is 21.3. The number of pyridine rings is 1. The molecule has 0 bridgehead atoms. The molecule has 2 aliphatic heterocycles. The highest BCUT2D eigenvalue weighted by atomic mass is 32.1. The fourth-order valence-electron chi connectivity index (χ4n) is 3.74. The summed E-state index contributed by atoms with van der Waals surface area (Å²) in [5.74, 6) is -4.92. The van der Waals surface area contributed by atoms with Crippen molar-refractivity contribution in [3.05, 3.63) is 52.5 Å². The first-order valence-corrected chi connectivity index (χ1v) is 11.5. The number of halogens is 6. The first-order valence-electron chi connectivity index (χ1n) is 10.6. The third-order valence-corrected chi connectivity index (χ3v) is 6.30. The first-order chi connectivity index (χ1) is 17.2. The van der Waals surface area contributed by atoms with Crippen LogP contribution in [0.25, 0.3) is 0 Å². The molecule has 0 aliphatic carbocycles. The minimum absolute atomic E-state index is 0.171. The molecule has 0 aromatic carbocycles. The summed E-state index contributed by atoms with van der Waals surface area (Å²) >= 11 is 1.84. The standard InChI is InChI=1S/C18H22N2O2S.2C2HF3O2/c1-2-17(23-7-1)9-20-8-16-11-22-14-18(16,12-20)13-21-10-15-3-5-19-6-4-15;2*3-2(4,5)1(6)7/h1-7,16H,8-14H2;2*(H,6,7)/t16-,18-;;/m1../s1. The number of nitrogens with zero attached hydrogens (tertiary/aromatic N) is 2. The summed E-state index contributed by atoms with van der Waals surface area (Å²) < 4.78 is 75.3. The molecular weight excluding hydrogens is 534 g/mol. The highest BCUT2D eigenvalue weighted by Crippen LogP contribution is 2.42. The topological polar surface area (TPSA) is 109 Å². The molecule has 2 N–H and O–H groups in total. The van der Waals surface area contributed by atoms with Crippen molar-refractivity contribution in [3.8, 4) is 0 Å². The van der Waals surface area contributed by atoms with Crippen LogP contribution in [-0.2, 0) is 32.2 Å². The number of carboxylic acids is 2. The molecule has 2 aromatic rings. The van der Waals surface area contributed by atoms with Gasteiger partial charge in [-0.1, -0.05) is 6.07 Å². The van der Waals surface area contributed by atoms with E-state index in [4.69, 9.17) is 29.3 Å². The largest absolute Gasteiger partial charge is 0.490 e. The molecule has 0 amide bonds. The number of likely N-dealkylation sites (tertiary alicyclic amines) is 1. The van der Waals surface area contributed by atoms with E-state index in [-0.39, 0.29) is 5.41 Å². The predicted octanol–water partition coefficient (Wildman–Crippen LogP) is 4.07. The predicted molar refractivity (Wildman–Crippen MR) is 118 cm³/mol. The number of carbonyl (C=O) groups is 2. The Kier molecular flexibility index (Phi) is 10.8. The molecular formula is C22H24F6N2O6S. The Bertz CT molecular complexity index is 966. The van der Waals surface area contributed by atoms with Gasteiger partial charge in [0, 0.05) is 48.2 Å². The number of rotatable bonds is 6. The fourth-order valence-corrected chi connectivity index (χ4v) is 4.49. The van der Waals surface area contributed by atoms with Crippen molar-refractivity contribution in [2.75, 3.05) is 32.9 Å². The van der Waals surface area contributed by atoms with Crippen molar-refractivity contribution in [2.24, 2.45) is 11.3 Å². The lowest BCUT2D eigenvalue weighted by atomic mass is 9.82. The summed E-state index contributed by atoms with van der Waals surface area (Å²) in [4.78, 5) is 25.8. The molecule has 2 saturated heterocycles. The van der Waals surface area contributed by atoms with E-state index in [2.05, 4.69) is 27.4 Å². The van der Waals surface area contributed by atoms with Gasteiger partial charge in [-0.15, -0.1) is 11.3 Å². The van der Waals surface area contributed by atoms with Gasteiger partial charge < -0.3 is 19.7 Å². The maximum absolute atomic E-state index is 10.6. The third kappa shape index (κ3) is 9.91. The monoisotopic (exact) mass is 558 g/mol. The van der Waals surface area contributed by atoms with Crippen LogP contribution in [-0.4, -0.2) is 77.3 Å². The number of thiophene rings is 1. The zero-order chi connectivity index (χ0) is 27.7. The van der Waals surface area contributed by atoms with Crippen LogP contribution in [0.1, 0.15) is 10.4 Å². The van der Waals surface area contributed by atoms with Crippen LogP contribution in [0.3, 0.4) is 0 Å².